The van der Waals surface area contributed by atoms with E-state index in [9.17, 15) is 4.79 Å². The fraction of sp³-hybridized carbons (Fsp3) is 0.588. The highest BCUT2D eigenvalue weighted by Crippen LogP contribution is 2.13. The van der Waals surface area contributed by atoms with Crippen molar-refractivity contribution in [3.63, 3.8) is 0 Å². The second-order valence-electron chi connectivity index (χ2n) is 5.33. The maximum Gasteiger partial charge on any atom is 0.224 e. The predicted octanol–water partition coefficient (Wildman–Crippen LogP) is 3.25. The average molecular weight is 337 g/mol. The molecule has 0 radical (unpaired) electrons. The number of nitrogens with zero attached hydrogens (tertiary/aromatic N) is 2. The summed E-state index contributed by atoms with van der Waals surface area (Å²) in [6, 6.07) is 0. The molecule has 0 saturated heterocycles. The zero-order valence-corrected chi connectivity index (χ0v) is 14.8. The van der Waals surface area contributed by atoms with Crippen molar-refractivity contribution in [2.24, 2.45) is 5.92 Å². The van der Waals surface area contributed by atoms with Crippen LogP contribution >= 0.6 is 11.6 Å². The second kappa shape index (κ2) is 10.8. The molecule has 0 aromatic carbocycles. The number of nitrogens with one attached hydrogen (secondary N) is 2. The molecule has 0 saturated carbocycles. The molecule has 1 rings (SSSR count). The second-order valence-corrected chi connectivity index (χ2v) is 5.67. The van der Waals surface area contributed by atoms with Crippen molar-refractivity contribution in [1.82, 2.24) is 15.3 Å². The molecule has 0 aliphatic rings. The molecule has 1 amide bonds. The van der Waals surface area contributed by atoms with E-state index in [0.717, 1.165) is 31.4 Å². The van der Waals surface area contributed by atoms with Crippen LogP contribution in [0.3, 0.4) is 0 Å². The van der Waals surface area contributed by atoms with Crippen molar-refractivity contribution < 1.29 is 4.79 Å². The van der Waals surface area contributed by atoms with Crippen LogP contribution in [0, 0.1) is 17.8 Å². The summed E-state index contributed by atoms with van der Waals surface area (Å²) in [6.45, 7) is 7.48. The van der Waals surface area contributed by atoms with Gasteiger partial charge in [0.05, 0.1) is 5.56 Å². The fourth-order valence-electron chi connectivity index (χ4n) is 1.74. The monoisotopic (exact) mass is 336 g/mol. The molecule has 2 N–H and O–H groups in total. The molecule has 1 aromatic rings. The highest BCUT2D eigenvalue weighted by molar-refractivity contribution is 6.28. The van der Waals surface area contributed by atoms with Gasteiger partial charge in [-0.05, 0) is 30.9 Å². The van der Waals surface area contributed by atoms with Crippen LogP contribution in [0.5, 0.6) is 0 Å². The summed E-state index contributed by atoms with van der Waals surface area (Å²) in [7, 11) is 0. The maximum atomic E-state index is 11.6. The first-order valence-corrected chi connectivity index (χ1v) is 8.49. The number of unbranched alkanes of at least 4 members (excludes halogenated alkanes) is 1. The lowest BCUT2D eigenvalue weighted by molar-refractivity contribution is -0.124. The van der Waals surface area contributed by atoms with Crippen molar-refractivity contribution in [1.29, 1.82) is 0 Å². The number of aromatic nitrogens is 2. The highest BCUT2D eigenvalue weighted by Gasteiger charge is 2.08. The lowest BCUT2D eigenvalue weighted by Gasteiger charge is -2.08. The Morgan fingerprint density at radius 2 is 2.17 bits per heavy atom. The average Bonchev–Trinajstić information content (AvgIpc) is 2.56. The number of halogens is 1. The number of hydrogen-bond donors (Lipinski definition) is 2. The van der Waals surface area contributed by atoms with E-state index in [1.54, 1.807) is 6.20 Å². The topological polar surface area (TPSA) is 66.9 Å². The molecule has 0 bridgehead atoms. The molecule has 0 aliphatic heterocycles. The Kier molecular flexibility index (Phi) is 9.08. The fourth-order valence-corrected chi connectivity index (χ4v) is 1.87. The SMILES string of the molecule is CCCNc1nc(Cl)ncc1C#CCCCNC(=O)[C@H](C)CC. The molecule has 0 fully saturated rings. The van der Waals surface area contributed by atoms with E-state index in [1.807, 2.05) is 13.8 Å². The molecule has 6 heteroatoms. The van der Waals surface area contributed by atoms with E-state index in [4.69, 9.17) is 11.6 Å². The van der Waals surface area contributed by atoms with Gasteiger partial charge in [0, 0.05) is 31.6 Å². The minimum atomic E-state index is 0.0690. The van der Waals surface area contributed by atoms with Crippen LogP contribution in [-0.4, -0.2) is 29.0 Å². The molecule has 126 valence electrons. The van der Waals surface area contributed by atoms with Crippen LogP contribution in [0.2, 0.25) is 5.28 Å². The van der Waals surface area contributed by atoms with Gasteiger partial charge in [-0.2, -0.15) is 4.98 Å². The Morgan fingerprint density at radius 1 is 1.39 bits per heavy atom. The normalized spacial score (nSPS) is 11.3. The van der Waals surface area contributed by atoms with Crippen LogP contribution in [0.1, 0.15) is 52.0 Å². The third kappa shape index (κ3) is 7.34. The van der Waals surface area contributed by atoms with E-state index in [-0.39, 0.29) is 17.1 Å². The Hall–Kier alpha value is -1.80. The van der Waals surface area contributed by atoms with Gasteiger partial charge >= 0.3 is 0 Å². The van der Waals surface area contributed by atoms with Crippen LogP contribution in [0.4, 0.5) is 5.82 Å². The molecular weight excluding hydrogens is 312 g/mol. The Morgan fingerprint density at radius 3 is 2.87 bits per heavy atom. The molecular formula is C17H25ClN4O. The summed E-state index contributed by atoms with van der Waals surface area (Å²) < 4.78 is 0. The van der Waals surface area contributed by atoms with Crippen molar-refractivity contribution in [3.8, 4) is 11.8 Å². The lowest BCUT2D eigenvalue weighted by atomic mass is 10.1. The Bertz CT molecular complexity index is 565. The van der Waals surface area contributed by atoms with Gasteiger partial charge in [-0.25, -0.2) is 4.98 Å². The van der Waals surface area contributed by atoms with Gasteiger partial charge in [0.15, 0.2) is 0 Å². The standard InChI is InChI=1S/C17H25ClN4O/c1-4-10-19-15-14(12-21-17(18)22-15)9-7-6-8-11-20-16(23)13(3)5-2/h12-13H,4-6,8,10-11H2,1-3H3,(H,20,23)(H,19,21,22)/t13-/m1/s1. The molecule has 5 nitrogen and oxygen atoms in total. The maximum absolute atomic E-state index is 11.6. The van der Waals surface area contributed by atoms with E-state index in [2.05, 4.69) is 39.4 Å². The van der Waals surface area contributed by atoms with E-state index >= 15 is 0 Å². The molecule has 1 atom stereocenters. The number of rotatable bonds is 8. The summed E-state index contributed by atoms with van der Waals surface area (Å²) in [5.41, 5.74) is 0.742. The summed E-state index contributed by atoms with van der Waals surface area (Å²) in [4.78, 5) is 19.8. The third-order valence-corrected chi connectivity index (χ3v) is 3.54. The van der Waals surface area contributed by atoms with Crippen LogP contribution < -0.4 is 10.6 Å². The first kappa shape index (κ1) is 19.2. The van der Waals surface area contributed by atoms with Crippen LogP contribution in [-0.2, 0) is 4.79 Å². The van der Waals surface area contributed by atoms with Gasteiger partial charge in [-0.1, -0.05) is 32.6 Å². The Labute approximate surface area is 143 Å². The highest BCUT2D eigenvalue weighted by atomic mass is 35.5. The van der Waals surface area contributed by atoms with Gasteiger partial charge in [-0.3, -0.25) is 4.79 Å². The Balaban J connectivity index is 2.45. The summed E-state index contributed by atoms with van der Waals surface area (Å²) in [5.74, 6) is 7.00. The molecule has 0 unspecified atom stereocenters. The van der Waals surface area contributed by atoms with Gasteiger partial charge in [0.25, 0.3) is 0 Å². The number of amides is 1. The van der Waals surface area contributed by atoms with Crippen molar-refractivity contribution in [2.75, 3.05) is 18.4 Å². The smallest absolute Gasteiger partial charge is 0.224 e. The number of anilines is 1. The lowest BCUT2D eigenvalue weighted by Crippen LogP contribution is -2.29. The van der Waals surface area contributed by atoms with Crippen molar-refractivity contribution in [2.45, 2.75) is 46.5 Å². The molecule has 1 aromatic heterocycles. The largest absolute Gasteiger partial charge is 0.369 e. The summed E-state index contributed by atoms with van der Waals surface area (Å²) in [6.07, 6.45) is 5.00. The van der Waals surface area contributed by atoms with Gasteiger partial charge < -0.3 is 10.6 Å². The van der Waals surface area contributed by atoms with E-state index in [0.29, 0.717) is 18.8 Å². The van der Waals surface area contributed by atoms with Crippen LogP contribution in [0.25, 0.3) is 0 Å². The van der Waals surface area contributed by atoms with Gasteiger partial charge in [0.1, 0.15) is 5.82 Å². The quantitative estimate of drug-likeness (QED) is 0.434. The molecule has 0 spiro atoms. The zero-order valence-electron chi connectivity index (χ0n) is 14.1. The first-order chi connectivity index (χ1) is 11.1. The predicted molar refractivity (Wildman–Crippen MR) is 94.4 cm³/mol. The van der Waals surface area contributed by atoms with Crippen LogP contribution in [0.15, 0.2) is 6.20 Å². The number of carbonyl (C=O) groups excluding carboxylic acids is 1. The minimum Gasteiger partial charge on any atom is -0.369 e. The third-order valence-electron chi connectivity index (χ3n) is 3.36. The van der Waals surface area contributed by atoms with E-state index < -0.39 is 0 Å². The van der Waals surface area contributed by atoms with Crippen molar-refractivity contribution in [3.05, 3.63) is 17.0 Å². The van der Waals surface area contributed by atoms with Gasteiger partial charge in [-0.15, -0.1) is 0 Å². The number of carbonyl (C=O) groups is 1. The summed E-state index contributed by atoms with van der Waals surface area (Å²) in [5, 5.41) is 6.32. The minimum absolute atomic E-state index is 0.0690. The van der Waals surface area contributed by atoms with Gasteiger partial charge in [0.2, 0.25) is 11.2 Å². The van der Waals surface area contributed by atoms with Crippen molar-refractivity contribution >= 4 is 23.3 Å². The number of hydrogen-bond acceptors (Lipinski definition) is 4. The molecule has 0 aliphatic carbocycles. The zero-order chi connectivity index (χ0) is 17.1. The summed E-state index contributed by atoms with van der Waals surface area (Å²) >= 11 is 5.81. The van der Waals surface area contributed by atoms with E-state index in [1.165, 1.54) is 0 Å². The molecule has 23 heavy (non-hydrogen) atoms. The molecule has 1 heterocycles. The first-order valence-electron chi connectivity index (χ1n) is 8.11.